The van der Waals surface area contributed by atoms with Crippen molar-refractivity contribution in [1.29, 1.82) is 5.26 Å². The monoisotopic (exact) mass is 321 g/mol. The number of hydrogen-bond acceptors (Lipinski definition) is 3. The number of anilines is 1. The number of benzene rings is 2. The zero-order valence-corrected chi connectivity index (χ0v) is 13.5. The second kappa shape index (κ2) is 7.05. The minimum atomic E-state index is -0.0604. The number of hydrogen-bond donors (Lipinski definition) is 1. The predicted molar refractivity (Wildman–Crippen MR) is 92.0 cm³/mol. The van der Waals surface area contributed by atoms with Gasteiger partial charge in [0.05, 0.1) is 11.6 Å². The van der Waals surface area contributed by atoms with Crippen molar-refractivity contribution >= 4 is 11.7 Å². The van der Waals surface area contributed by atoms with Gasteiger partial charge in [0.2, 0.25) is 0 Å². The average Bonchev–Trinajstić information content (AvgIpc) is 3.03. The van der Waals surface area contributed by atoms with Crippen LogP contribution in [0.1, 0.15) is 18.9 Å². The maximum atomic E-state index is 12.2. The Morgan fingerprint density at radius 1 is 1.25 bits per heavy atom. The Morgan fingerprint density at radius 3 is 2.71 bits per heavy atom. The summed E-state index contributed by atoms with van der Waals surface area (Å²) in [6, 6.07) is 16.2. The summed E-state index contributed by atoms with van der Waals surface area (Å²) in [6.07, 6.45) is 1.06. The predicted octanol–water partition coefficient (Wildman–Crippen LogP) is 4.22. The highest BCUT2D eigenvalue weighted by atomic mass is 16.5. The lowest BCUT2D eigenvalue weighted by Crippen LogP contribution is -2.32. The maximum absolute atomic E-state index is 12.2. The molecule has 0 saturated carbocycles. The second-order valence-electron chi connectivity index (χ2n) is 6.04. The third-order valence-electron chi connectivity index (χ3n) is 4.02. The lowest BCUT2D eigenvalue weighted by Gasteiger charge is -2.17. The zero-order chi connectivity index (χ0) is 16.9. The molecule has 0 aliphatic carbocycles. The first-order chi connectivity index (χ1) is 11.6. The van der Waals surface area contributed by atoms with Gasteiger partial charge >= 0.3 is 6.03 Å². The lowest BCUT2D eigenvalue weighted by molar-refractivity contribution is 0.221. The van der Waals surface area contributed by atoms with E-state index in [-0.39, 0.29) is 6.03 Å². The Morgan fingerprint density at radius 2 is 2.04 bits per heavy atom. The molecule has 1 heterocycles. The Balaban J connectivity index is 1.61. The summed E-state index contributed by atoms with van der Waals surface area (Å²) < 4.78 is 5.72. The molecule has 1 atom stereocenters. The number of carbonyl (C=O) groups excluding carboxylic acids is 1. The van der Waals surface area contributed by atoms with Crippen LogP contribution in [0.4, 0.5) is 10.5 Å². The molecule has 1 fully saturated rings. The first-order valence-corrected chi connectivity index (χ1v) is 7.98. The van der Waals surface area contributed by atoms with Crippen LogP contribution in [-0.4, -0.2) is 24.0 Å². The van der Waals surface area contributed by atoms with Gasteiger partial charge in [-0.2, -0.15) is 5.26 Å². The fraction of sp³-hybridized carbons (Fsp3) is 0.263. The van der Waals surface area contributed by atoms with E-state index in [0.717, 1.165) is 25.2 Å². The van der Waals surface area contributed by atoms with Crippen molar-refractivity contribution in [2.45, 2.75) is 13.3 Å². The van der Waals surface area contributed by atoms with Crippen LogP contribution >= 0.6 is 0 Å². The maximum Gasteiger partial charge on any atom is 0.321 e. The number of nitrogens with one attached hydrogen (secondary N) is 1. The van der Waals surface area contributed by atoms with Crippen LogP contribution in [-0.2, 0) is 0 Å². The molecular formula is C19H19N3O2. The summed E-state index contributed by atoms with van der Waals surface area (Å²) in [5, 5.41) is 11.8. The molecular weight excluding hydrogens is 302 g/mol. The number of ether oxygens (including phenoxy) is 1. The van der Waals surface area contributed by atoms with Gasteiger partial charge in [-0.15, -0.1) is 0 Å². The highest BCUT2D eigenvalue weighted by Gasteiger charge is 2.22. The molecule has 5 nitrogen and oxygen atoms in total. The van der Waals surface area contributed by atoms with E-state index in [0.29, 0.717) is 23.0 Å². The molecule has 1 unspecified atom stereocenters. The molecule has 2 aromatic rings. The number of amides is 2. The summed E-state index contributed by atoms with van der Waals surface area (Å²) >= 11 is 0. The molecule has 0 aromatic heterocycles. The molecule has 0 spiro atoms. The topological polar surface area (TPSA) is 65.4 Å². The van der Waals surface area contributed by atoms with E-state index in [2.05, 4.69) is 18.3 Å². The average molecular weight is 321 g/mol. The summed E-state index contributed by atoms with van der Waals surface area (Å²) in [4.78, 5) is 14.0. The Bertz CT molecular complexity index is 765. The minimum absolute atomic E-state index is 0.0604. The van der Waals surface area contributed by atoms with Crippen LogP contribution in [0.15, 0.2) is 48.5 Å². The largest absolute Gasteiger partial charge is 0.457 e. The molecule has 2 amide bonds. The number of likely N-dealkylation sites (tertiary alicyclic amines) is 1. The van der Waals surface area contributed by atoms with Gasteiger partial charge in [-0.1, -0.05) is 13.0 Å². The molecule has 0 bridgehead atoms. The second-order valence-corrected chi connectivity index (χ2v) is 6.04. The van der Waals surface area contributed by atoms with Gasteiger partial charge in [0.15, 0.2) is 0 Å². The molecule has 1 aliphatic rings. The van der Waals surface area contributed by atoms with Crippen LogP contribution in [0.25, 0.3) is 0 Å². The van der Waals surface area contributed by atoms with Crippen LogP contribution in [0.2, 0.25) is 0 Å². The zero-order valence-electron chi connectivity index (χ0n) is 13.5. The molecule has 24 heavy (non-hydrogen) atoms. The molecule has 5 heteroatoms. The van der Waals surface area contributed by atoms with Gasteiger partial charge in [0, 0.05) is 18.8 Å². The molecule has 1 N–H and O–H groups in total. The third-order valence-corrected chi connectivity index (χ3v) is 4.02. The van der Waals surface area contributed by atoms with Gasteiger partial charge in [-0.05, 0) is 54.8 Å². The van der Waals surface area contributed by atoms with Gasteiger partial charge in [0.1, 0.15) is 11.5 Å². The Labute approximate surface area is 141 Å². The van der Waals surface area contributed by atoms with Gasteiger partial charge in [-0.3, -0.25) is 0 Å². The highest BCUT2D eigenvalue weighted by molar-refractivity contribution is 5.89. The highest BCUT2D eigenvalue weighted by Crippen LogP contribution is 2.24. The van der Waals surface area contributed by atoms with Crippen molar-refractivity contribution in [2.24, 2.45) is 5.92 Å². The first-order valence-electron chi connectivity index (χ1n) is 7.98. The van der Waals surface area contributed by atoms with E-state index in [9.17, 15) is 4.79 Å². The number of rotatable bonds is 3. The van der Waals surface area contributed by atoms with Crippen molar-refractivity contribution in [3.8, 4) is 17.6 Å². The SMILES string of the molecule is CC1CCN(C(=O)Nc2ccc(Oc3cccc(C#N)c3)cc2)C1. The Kier molecular flexibility index (Phi) is 4.66. The van der Waals surface area contributed by atoms with E-state index in [1.54, 1.807) is 48.5 Å². The summed E-state index contributed by atoms with van der Waals surface area (Å²) in [6.45, 7) is 3.77. The standard InChI is InChI=1S/C19H19N3O2/c1-14-9-10-22(13-14)19(23)21-16-5-7-17(8-6-16)24-18-4-2-3-15(11-18)12-20/h2-8,11,14H,9-10,13H2,1H3,(H,21,23). The van der Waals surface area contributed by atoms with Crippen molar-refractivity contribution in [3.05, 3.63) is 54.1 Å². The van der Waals surface area contributed by atoms with Gasteiger partial charge in [0.25, 0.3) is 0 Å². The molecule has 1 aliphatic heterocycles. The van der Waals surface area contributed by atoms with E-state index >= 15 is 0 Å². The normalized spacial score (nSPS) is 16.5. The molecule has 3 rings (SSSR count). The number of nitrogens with zero attached hydrogens (tertiary/aromatic N) is 2. The van der Waals surface area contributed by atoms with Crippen LogP contribution in [0.5, 0.6) is 11.5 Å². The number of urea groups is 1. The van der Waals surface area contributed by atoms with Crippen LogP contribution in [0.3, 0.4) is 0 Å². The van der Waals surface area contributed by atoms with Gasteiger partial charge < -0.3 is 15.0 Å². The van der Waals surface area contributed by atoms with Crippen molar-refractivity contribution in [3.63, 3.8) is 0 Å². The molecule has 1 saturated heterocycles. The fourth-order valence-electron chi connectivity index (χ4n) is 2.69. The van der Waals surface area contributed by atoms with E-state index in [4.69, 9.17) is 10.00 Å². The van der Waals surface area contributed by atoms with Crippen molar-refractivity contribution in [1.82, 2.24) is 4.90 Å². The molecule has 122 valence electrons. The number of nitriles is 1. The quantitative estimate of drug-likeness (QED) is 0.920. The Hall–Kier alpha value is -3.00. The van der Waals surface area contributed by atoms with Crippen LogP contribution < -0.4 is 10.1 Å². The van der Waals surface area contributed by atoms with Gasteiger partial charge in [-0.25, -0.2) is 4.79 Å². The van der Waals surface area contributed by atoms with E-state index in [1.807, 2.05) is 4.90 Å². The third kappa shape index (κ3) is 3.85. The van der Waals surface area contributed by atoms with E-state index < -0.39 is 0 Å². The van der Waals surface area contributed by atoms with E-state index in [1.165, 1.54) is 0 Å². The molecule has 2 aromatic carbocycles. The fourth-order valence-corrected chi connectivity index (χ4v) is 2.69. The smallest absolute Gasteiger partial charge is 0.321 e. The molecule has 0 radical (unpaired) electrons. The minimum Gasteiger partial charge on any atom is -0.457 e. The first kappa shape index (κ1) is 15.9. The van der Waals surface area contributed by atoms with Crippen molar-refractivity contribution in [2.75, 3.05) is 18.4 Å². The lowest BCUT2D eigenvalue weighted by atomic mass is 10.2. The summed E-state index contributed by atoms with van der Waals surface area (Å²) in [7, 11) is 0. The summed E-state index contributed by atoms with van der Waals surface area (Å²) in [5.74, 6) is 1.82. The van der Waals surface area contributed by atoms with Crippen LogP contribution in [0, 0.1) is 17.2 Å². The number of carbonyl (C=O) groups is 1. The summed E-state index contributed by atoms with van der Waals surface area (Å²) in [5.41, 5.74) is 1.29. The van der Waals surface area contributed by atoms with Crippen molar-refractivity contribution < 1.29 is 9.53 Å².